The zero-order valence-electron chi connectivity index (χ0n) is 16.8. The third kappa shape index (κ3) is 3.44. The van der Waals surface area contributed by atoms with Crippen molar-refractivity contribution in [3.8, 4) is 22.8 Å². The number of rotatable bonds is 5. The van der Waals surface area contributed by atoms with Crippen molar-refractivity contribution in [1.82, 2.24) is 9.38 Å². The fourth-order valence-electron chi connectivity index (χ4n) is 3.38. The summed E-state index contributed by atoms with van der Waals surface area (Å²) >= 11 is 0. The molecule has 8 heteroatoms. The Hall–Kier alpha value is -4.33. The minimum atomic E-state index is -0.500. The average Bonchev–Trinajstić information content (AvgIpc) is 3.19. The number of ketones is 1. The fourth-order valence-corrected chi connectivity index (χ4v) is 3.38. The molecule has 2 heterocycles. The van der Waals surface area contributed by atoms with Crippen LogP contribution in [0.4, 0.5) is 5.69 Å². The predicted octanol–water partition coefficient (Wildman–Crippen LogP) is 3.32. The fraction of sp³-hybridized carbons (Fsp3) is 0.0870. The van der Waals surface area contributed by atoms with Gasteiger partial charge >= 0.3 is 5.97 Å². The monoisotopic (exact) mass is 417 g/mol. The van der Waals surface area contributed by atoms with Crippen molar-refractivity contribution in [2.75, 3.05) is 20.0 Å². The first-order valence-electron chi connectivity index (χ1n) is 9.31. The van der Waals surface area contributed by atoms with Gasteiger partial charge in [0.05, 0.1) is 25.5 Å². The molecule has 0 saturated carbocycles. The van der Waals surface area contributed by atoms with Crippen LogP contribution in [-0.2, 0) is 4.74 Å². The minimum absolute atomic E-state index is 0.0533. The van der Waals surface area contributed by atoms with E-state index in [1.54, 1.807) is 54.7 Å². The number of nitrogens with two attached hydrogens (primary N) is 1. The highest BCUT2D eigenvalue weighted by Crippen LogP contribution is 2.33. The molecule has 0 fully saturated rings. The van der Waals surface area contributed by atoms with Crippen molar-refractivity contribution < 1.29 is 24.2 Å². The van der Waals surface area contributed by atoms with Gasteiger partial charge in [-0.25, -0.2) is 9.78 Å². The lowest BCUT2D eigenvalue weighted by Gasteiger charge is -2.06. The lowest BCUT2D eigenvalue weighted by Crippen LogP contribution is -2.07. The molecule has 4 aromatic rings. The van der Waals surface area contributed by atoms with Gasteiger partial charge in [-0.05, 0) is 42.5 Å². The highest BCUT2D eigenvalue weighted by molar-refractivity contribution is 6.09. The molecule has 0 saturated heterocycles. The van der Waals surface area contributed by atoms with Gasteiger partial charge in [-0.3, -0.25) is 9.20 Å². The third-order valence-electron chi connectivity index (χ3n) is 4.90. The summed E-state index contributed by atoms with van der Waals surface area (Å²) in [4.78, 5) is 29.8. The Bertz CT molecular complexity index is 1330. The van der Waals surface area contributed by atoms with Gasteiger partial charge < -0.3 is 20.3 Å². The van der Waals surface area contributed by atoms with Crippen molar-refractivity contribution in [3.63, 3.8) is 0 Å². The molecule has 2 aromatic heterocycles. The van der Waals surface area contributed by atoms with E-state index in [1.165, 1.54) is 24.7 Å². The van der Waals surface area contributed by atoms with Crippen LogP contribution in [0, 0.1) is 0 Å². The van der Waals surface area contributed by atoms with Gasteiger partial charge in [-0.2, -0.15) is 0 Å². The Balaban J connectivity index is 1.91. The van der Waals surface area contributed by atoms with Gasteiger partial charge in [-0.15, -0.1) is 0 Å². The van der Waals surface area contributed by atoms with Crippen molar-refractivity contribution in [2.45, 2.75) is 0 Å². The van der Waals surface area contributed by atoms with Crippen molar-refractivity contribution >= 4 is 23.0 Å². The number of carbonyl (C=O) groups excluding carboxylic acids is 2. The number of esters is 1. The number of carbonyl (C=O) groups is 2. The van der Waals surface area contributed by atoms with Crippen molar-refractivity contribution in [1.29, 1.82) is 0 Å². The van der Waals surface area contributed by atoms with Crippen LogP contribution in [-0.4, -0.2) is 40.5 Å². The maximum atomic E-state index is 13.3. The lowest BCUT2D eigenvalue weighted by molar-refractivity contribution is 0.0600. The second-order valence-electron chi connectivity index (χ2n) is 6.75. The Labute approximate surface area is 177 Å². The zero-order chi connectivity index (χ0) is 22.1. The van der Waals surface area contributed by atoms with Crippen LogP contribution < -0.4 is 10.5 Å². The Morgan fingerprint density at radius 3 is 2.58 bits per heavy atom. The molecule has 0 bridgehead atoms. The molecule has 31 heavy (non-hydrogen) atoms. The molecule has 0 aliphatic heterocycles. The number of ether oxygens (including phenoxy) is 2. The van der Waals surface area contributed by atoms with E-state index in [0.717, 1.165) is 0 Å². The maximum absolute atomic E-state index is 13.3. The van der Waals surface area contributed by atoms with E-state index in [0.29, 0.717) is 39.3 Å². The summed E-state index contributed by atoms with van der Waals surface area (Å²) in [6.07, 6.45) is 1.64. The normalized spacial score (nSPS) is 10.8. The number of benzene rings is 2. The number of hydrogen-bond donors (Lipinski definition) is 2. The van der Waals surface area contributed by atoms with Crippen molar-refractivity contribution in [3.05, 3.63) is 77.7 Å². The Morgan fingerprint density at radius 2 is 1.84 bits per heavy atom. The van der Waals surface area contributed by atoms with E-state index in [9.17, 15) is 14.7 Å². The van der Waals surface area contributed by atoms with Crippen LogP contribution in [0.15, 0.2) is 60.8 Å². The SMILES string of the molecule is COC(=O)c1cccc(-c2nc(C(=O)c3ccc(N)c(OC)c3)n3cccc(O)c23)c1. The molecule has 8 nitrogen and oxygen atoms in total. The molecular formula is C23H19N3O5. The number of hydrogen-bond acceptors (Lipinski definition) is 7. The number of imidazole rings is 1. The summed E-state index contributed by atoms with van der Waals surface area (Å²) in [5.41, 5.74) is 8.17. The molecule has 156 valence electrons. The molecule has 0 spiro atoms. The van der Waals surface area contributed by atoms with Gasteiger partial charge in [0.15, 0.2) is 5.82 Å². The largest absolute Gasteiger partial charge is 0.506 e. The number of nitrogens with zero attached hydrogens (tertiary/aromatic N) is 2. The number of nitrogen functional groups attached to an aromatic ring is 1. The lowest BCUT2D eigenvalue weighted by atomic mass is 10.1. The van der Waals surface area contributed by atoms with E-state index in [1.807, 2.05) is 0 Å². The highest BCUT2D eigenvalue weighted by Gasteiger charge is 2.23. The summed E-state index contributed by atoms with van der Waals surface area (Å²) < 4.78 is 11.5. The van der Waals surface area contributed by atoms with E-state index in [2.05, 4.69) is 4.98 Å². The molecule has 0 amide bonds. The van der Waals surface area contributed by atoms with E-state index in [-0.39, 0.29) is 17.4 Å². The molecule has 2 aromatic carbocycles. The minimum Gasteiger partial charge on any atom is -0.506 e. The van der Waals surface area contributed by atoms with Crippen LogP contribution in [0.3, 0.4) is 0 Å². The van der Waals surface area contributed by atoms with Gasteiger partial charge in [0.2, 0.25) is 5.78 Å². The topological polar surface area (TPSA) is 116 Å². The van der Waals surface area contributed by atoms with Crippen LogP contribution in [0.1, 0.15) is 26.5 Å². The second-order valence-corrected chi connectivity index (χ2v) is 6.75. The summed E-state index contributed by atoms with van der Waals surface area (Å²) in [7, 11) is 2.76. The molecular weight excluding hydrogens is 398 g/mol. The molecule has 0 atom stereocenters. The second kappa shape index (κ2) is 7.83. The first kappa shape index (κ1) is 20.0. The zero-order valence-corrected chi connectivity index (χ0v) is 16.8. The summed E-state index contributed by atoms with van der Waals surface area (Å²) in [5.74, 6) is -0.465. The number of pyridine rings is 1. The summed E-state index contributed by atoms with van der Waals surface area (Å²) in [6.45, 7) is 0. The average molecular weight is 417 g/mol. The Morgan fingerprint density at radius 1 is 1.03 bits per heavy atom. The smallest absolute Gasteiger partial charge is 0.337 e. The first-order chi connectivity index (χ1) is 14.9. The highest BCUT2D eigenvalue weighted by atomic mass is 16.5. The third-order valence-corrected chi connectivity index (χ3v) is 4.90. The van der Waals surface area contributed by atoms with E-state index in [4.69, 9.17) is 15.2 Å². The van der Waals surface area contributed by atoms with Crippen LogP contribution in [0.25, 0.3) is 16.8 Å². The molecule has 0 unspecified atom stereocenters. The standard InChI is InChI=1S/C23H19N3O5/c1-30-18-12-14(8-9-16(18)24)21(28)22-25-19(20-17(27)7-4-10-26(20)22)13-5-3-6-15(11-13)23(29)31-2/h3-12,27H,24H2,1-2H3. The maximum Gasteiger partial charge on any atom is 0.337 e. The number of aromatic nitrogens is 2. The predicted molar refractivity (Wildman–Crippen MR) is 114 cm³/mol. The van der Waals surface area contributed by atoms with Crippen LogP contribution in [0.2, 0.25) is 0 Å². The molecule has 0 aliphatic carbocycles. The number of fused-ring (bicyclic) bond motifs is 1. The summed E-state index contributed by atoms with van der Waals surface area (Å²) in [6, 6.07) is 14.5. The number of aromatic hydroxyl groups is 1. The van der Waals surface area contributed by atoms with Gasteiger partial charge in [0.1, 0.15) is 22.7 Å². The van der Waals surface area contributed by atoms with E-state index >= 15 is 0 Å². The molecule has 3 N–H and O–H groups in total. The molecule has 0 radical (unpaired) electrons. The first-order valence-corrected chi connectivity index (χ1v) is 9.31. The number of anilines is 1. The van der Waals surface area contributed by atoms with Gasteiger partial charge in [0.25, 0.3) is 0 Å². The summed E-state index contributed by atoms with van der Waals surface area (Å²) in [5, 5.41) is 10.5. The van der Waals surface area contributed by atoms with Gasteiger partial charge in [0, 0.05) is 17.3 Å². The van der Waals surface area contributed by atoms with Crippen LogP contribution in [0.5, 0.6) is 11.5 Å². The molecule has 0 aliphatic rings. The number of methoxy groups -OCH3 is 2. The van der Waals surface area contributed by atoms with Crippen molar-refractivity contribution in [2.24, 2.45) is 0 Å². The van der Waals surface area contributed by atoms with Crippen LogP contribution >= 0.6 is 0 Å². The Kier molecular flexibility index (Phi) is 5.04. The van der Waals surface area contributed by atoms with Gasteiger partial charge in [-0.1, -0.05) is 12.1 Å². The molecule has 4 rings (SSSR count). The van der Waals surface area contributed by atoms with E-state index < -0.39 is 5.97 Å². The quantitative estimate of drug-likeness (QED) is 0.291.